The molecule has 1 N–H and O–H groups in total. The zero-order chi connectivity index (χ0) is 17.2. The van der Waals surface area contributed by atoms with Crippen LogP contribution < -0.4 is 5.32 Å². The first-order valence-corrected chi connectivity index (χ1v) is 8.93. The summed E-state index contributed by atoms with van der Waals surface area (Å²) in [6, 6.07) is 4.38. The Balaban J connectivity index is 1.57. The average Bonchev–Trinajstić information content (AvgIpc) is 3.23. The molecule has 1 aliphatic heterocycles. The Bertz CT molecular complexity index is 846. The van der Waals surface area contributed by atoms with E-state index in [-0.39, 0.29) is 6.04 Å². The van der Waals surface area contributed by atoms with E-state index in [1.54, 1.807) is 0 Å². The van der Waals surface area contributed by atoms with Gasteiger partial charge in [-0.25, -0.2) is 9.97 Å². The number of imidazole rings is 2. The molecule has 0 spiro atoms. The summed E-state index contributed by atoms with van der Waals surface area (Å²) >= 11 is 0. The van der Waals surface area contributed by atoms with Gasteiger partial charge in [0.2, 0.25) is 0 Å². The van der Waals surface area contributed by atoms with Crippen molar-refractivity contribution in [2.24, 2.45) is 13.0 Å². The van der Waals surface area contributed by atoms with Gasteiger partial charge in [0.25, 0.3) is 0 Å². The van der Waals surface area contributed by atoms with Crippen molar-refractivity contribution in [3.05, 3.63) is 54.0 Å². The van der Waals surface area contributed by atoms with Crippen molar-refractivity contribution in [3.8, 4) is 0 Å². The monoisotopic (exact) mass is 339 g/mol. The molecule has 0 aliphatic carbocycles. The van der Waals surface area contributed by atoms with Crippen LogP contribution in [0.1, 0.15) is 36.0 Å². The molecule has 1 atom stereocenters. The largest absolute Gasteiger partial charge is 0.381 e. The Morgan fingerprint density at radius 2 is 2.12 bits per heavy atom. The molecule has 1 fully saturated rings. The van der Waals surface area contributed by atoms with Gasteiger partial charge in [0.15, 0.2) is 0 Å². The number of hydrogen-bond acceptors (Lipinski definition) is 4. The van der Waals surface area contributed by atoms with Gasteiger partial charge in [0, 0.05) is 45.4 Å². The summed E-state index contributed by atoms with van der Waals surface area (Å²) in [5.41, 5.74) is 3.39. The smallest absolute Gasteiger partial charge is 0.136 e. The lowest BCUT2D eigenvalue weighted by atomic mass is 9.91. The Kier molecular flexibility index (Phi) is 4.55. The number of aromatic nitrogens is 4. The molecule has 1 unspecified atom stereocenters. The van der Waals surface area contributed by atoms with Gasteiger partial charge in [-0.2, -0.15) is 0 Å². The molecule has 132 valence electrons. The van der Waals surface area contributed by atoms with Crippen molar-refractivity contribution in [2.75, 3.05) is 13.2 Å². The molecule has 1 aliphatic rings. The number of hydrogen-bond donors (Lipinski definition) is 1. The average molecular weight is 339 g/mol. The fourth-order valence-corrected chi connectivity index (χ4v) is 3.68. The SMILES string of the molecule is Cc1ccc2ncc(CNC(c3nccn3C)C3CCOCC3)n2c1. The van der Waals surface area contributed by atoms with Crippen LogP contribution in [0.4, 0.5) is 0 Å². The lowest BCUT2D eigenvalue weighted by molar-refractivity contribution is 0.0517. The molecule has 6 nitrogen and oxygen atoms in total. The number of aryl methyl sites for hydroxylation is 2. The molecule has 25 heavy (non-hydrogen) atoms. The topological polar surface area (TPSA) is 56.4 Å². The molecule has 0 bridgehead atoms. The lowest BCUT2D eigenvalue weighted by Gasteiger charge is -2.30. The minimum Gasteiger partial charge on any atom is -0.381 e. The maximum absolute atomic E-state index is 5.55. The summed E-state index contributed by atoms with van der Waals surface area (Å²) in [6.07, 6.45) is 10.1. The van der Waals surface area contributed by atoms with Crippen molar-refractivity contribution >= 4 is 5.65 Å². The number of nitrogens with zero attached hydrogens (tertiary/aromatic N) is 4. The second-order valence-corrected chi connectivity index (χ2v) is 6.89. The fraction of sp³-hybridized carbons (Fsp3) is 0.474. The van der Waals surface area contributed by atoms with Gasteiger partial charge in [-0.3, -0.25) is 0 Å². The van der Waals surface area contributed by atoms with Gasteiger partial charge in [0.05, 0.1) is 17.9 Å². The third kappa shape index (κ3) is 3.32. The van der Waals surface area contributed by atoms with Crippen LogP contribution in [0.5, 0.6) is 0 Å². The summed E-state index contributed by atoms with van der Waals surface area (Å²) in [4.78, 5) is 9.12. The molecule has 6 heteroatoms. The van der Waals surface area contributed by atoms with Gasteiger partial charge >= 0.3 is 0 Å². The van der Waals surface area contributed by atoms with Crippen molar-refractivity contribution in [1.29, 1.82) is 0 Å². The summed E-state index contributed by atoms with van der Waals surface area (Å²) < 4.78 is 9.83. The van der Waals surface area contributed by atoms with Crippen LogP contribution in [0.2, 0.25) is 0 Å². The standard InChI is InChI=1S/C19H25N5O/c1-14-3-4-17-21-11-16(24(17)13-14)12-22-18(15-5-9-25-10-6-15)19-20-7-8-23(19)2/h3-4,7-8,11,13,15,18,22H,5-6,9-10,12H2,1-2H3. The molecule has 0 aromatic carbocycles. The Hall–Kier alpha value is -2.18. The number of ether oxygens (including phenoxy) is 1. The first kappa shape index (κ1) is 16.3. The van der Waals surface area contributed by atoms with E-state index in [1.807, 2.05) is 18.6 Å². The van der Waals surface area contributed by atoms with Crippen LogP contribution in [0.25, 0.3) is 5.65 Å². The van der Waals surface area contributed by atoms with E-state index in [2.05, 4.69) is 56.6 Å². The first-order valence-electron chi connectivity index (χ1n) is 8.93. The molecule has 0 radical (unpaired) electrons. The molecule has 0 amide bonds. The van der Waals surface area contributed by atoms with E-state index in [4.69, 9.17) is 4.74 Å². The summed E-state index contributed by atoms with van der Waals surface area (Å²) in [6.45, 7) is 4.54. The van der Waals surface area contributed by atoms with E-state index in [0.717, 1.165) is 44.1 Å². The number of rotatable bonds is 5. The number of nitrogens with one attached hydrogen (secondary N) is 1. The predicted octanol–water partition coefficient (Wildman–Crippen LogP) is 2.63. The van der Waals surface area contributed by atoms with Gasteiger partial charge < -0.3 is 19.0 Å². The van der Waals surface area contributed by atoms with Crippen LogP contribution in [0.3, 0.4) is 0 Å². The predicted molar refractivity (Wildman–Crippen MR) is 96.3 cm³/mol. The van der Waals surface area contributed by atoms with Gasteiger partial charge in [-0.15, -0.1) is 0 Å². The maximum Gasteiger partial charge on any atom is 0.136 e. The third-order valence-electron chi connectivity index (χ3n) is 5.11. The molecule has 4 rings (SSSR count). The molecule has 3 aromatic heterocycles. The highest BCUT2D eigenvalue weighted by atomic mass is 16.5. The van der Waals surface area contributed by atoms with Crippen molar-refractivity contribution in [3.63, 3.8) is 0 Å². The molecule has 0 saturated carbocycles. The maximum atomic E-state index is 5.55. The Labute approximate surface area is 147 Å². The highest BCUT2D eigenvalue weighted by molar-refractivity contribution is 5.41. The fourth-order valence-electron chi connectivity index (χ4n) is 3.68. The summed E-state index contributed by atoms with van der Waals surface area (Å²) in [5.74, 6) is 1.63. The van der Waals surface area contributed by atoms with Crippen LogP contribution in [0.15, 0.2) is 36.9 Å². The van der Waals surface area contributed by atoms with Crippen molar-refractivity contribution in [2.45, 2.75) is 32.4 Å². The van der Waals surface area contributed by atoms with E-state index < -0.39 is 0 Å². The molecule has 1 saturated heterocycles. The minimum atomic E-state index is 0.222. The van der Waals surface area contributed by atoms with Crippen LogP contribution in [-0.4, -0.2) is 32.1 Å². The van der Waals surface area contributed by atoms with E-state index in [0.29, 0.717) is 5.92 Å². The first-order chi connectivity index (χ1) is 12.2. The van der Waals surface area contributed by atoms with Crippen LogP contribution >= 0.6 is 0 Å². The van der Waals surface area contributed by atoms with Gasteiger partial charge in [-0.05, 0) is 37.3 Å². The van der Waals surface area contributed by atoms with Crippen molar-refractivity contribution in [1.82, 2.24) is 24.3 Å². The Morgan fingerprint density at radius 3 is 2.88 bits per heavy atom. The Morgan fingerprint density at radius 1 is 1.28 bits per heavy atom. The molecular weight excluding hydrogens is 314 g/mol. The zero-order valence-corrected chi connectivity index (χ0v) is 14.9. The van der Waals surface area contributed by atoms with E-state index in [1.165, 1.54) is 11.3 Å². The summed E-state index contributed by atoms with van der Waals surface area (Å²) in [7, 11) is 2.06. The van der Waals surface area contributed by atoms with E-state index in [9.17, 15) is 0 Å². The summed E-state index contributed by atoms with van der Waals surface area (Å²) in [5, 5.41) is 3.75. The third-order valence-corrected chi connectivity index (χ3v) is 5.11. The molecule has 3 aromatic rings. The second kappa shape index (κ2) is 6.98. The van der Waals surface area contributed by atoms with Crippen molar-refractivity contribution < 1.29 is 4.74 Å². The lowest BCUT2D eigenvalue weighted by Crippen LogP contribution is -2.33. The molecular formula is C19H25N5O. The quantitative estimate of drug-likeness (QED) is 0.776. The highest BCUT2D eigenvalue weighted by Crippen LogP contribution is 2.29. The van der Waals surface area contributed by atoms with Crippen LogP contribution in [-0.2, 0) is 18.3 Å². The second-order valence-electron chi connectivity index (χ2n) is 6.89. The van der Waals surface area contributed by atoms with Gasteiger partial charge in [-0.1, -0.05) is 6.07 Å². The van der Waals surface area contributed by atoms with Crippen LogP contribution in [0, 0.1) is 12.8 Å². The van der Waals surface area contributed by atoms with Gasteiger partial charge in [0.1, 0.15) is 11.5 Å². The number of pyridine rings is 1. The normalized spacial score (nSPS) is 17.2. The minimum absolute atomic E-state index is 0.222. The highest BCUT2D eigenvalue weighted by Gasteiger charge is 2.28. The zero-order valence-electron chi connectivity index (χ0n) is 14.9. The molecule has 4 heterocycles. The van der Waals surface area contributed by atoms with E-state index >= 15 is 0 Å². The number of fused-ring (bicyclic) bond motifs is 1.